The minimum Gasteiger partial charge on any atom is -0.501 e. The van der Waals surface area contributed by atoms with Crippen LogP contribution >= 0.6 is 23.2 Å². The predicted molar refractivity (Wildman–Crippen MR) is 84.4 cm³/mol. The van der Waals surface area contributed by atoms with Gasteiger partial charge in [0, 0.05) is 11.3 Å². The molecular weight excluding hydrogens is 281 g/mol. The Morgan fingerprint density at radius 1 is 1.21 bits per heavy atom. The molecule has 0 saturated carbocycles. The van der Waals surface area contributed by atoms with Gasteiger partial charge in [-0.2, -0.15) is 0 Å². The summed E-state index contributed by atoms with van der Waals surface area (Å²) in [6, 6.07) is 3.35. The summed E-state index contributed by atoms with van der Waals surface area (Å²) in [6.45, 7) is 7.71. The molecule has 19 heavy (non-hydrogen) atoms. The zero-order valence-corrected chi connectivity index (χ0v) is 12.8. The van der Waals surface area contributed by atoms with Gasteiger partial charge in [-0.15, -0.1) is 0 Å². The monoisotopic (exact) mass is 297 g/mol. The number of rotatable bonds is 4. The molecule has 1 rings (SSSR count). The van der Waals surface area contributed by atoms with Crippen LogP contribution in [0.2, 0.25) is 10.0 Å². The molecule has 0 amide bonds. The Labute approximate surface area is 124 Å². The second-order valence-corrected chi connectivity index (χ2v) is 5.02. The van der Waals surface area contributed by atoms with E-state index in [0.717, 1.165) is 22.5 Å². The minimum atomic E-state index is 0.503. The molecule has 0 fully saturated rings. The van der Waals surface area contributed by atoms with Gasteiger partial charge < -0.3 is 10.5 Å². The zero-order chi connectivity index (χ0) is 14.6. The quantitative estimate of drug-likeness (QED) is 0.477. The molecule has 0 aliphatic carbocycles. The molecular formula is C15H17Cl2NO. The Morgan fingerprint density at radius 2 is 1.74 bits per heavy atom. The molecule has 0 radical (unpaired) electrons. The van der Waals surface area contributed by atoms with Crippen LogP contribution in [-0.4, -0.2) is 7.11 Å². The van der Waals surface area contributed by atoms with Crippen molar-refractivity contribution in [3.8, 4) is 0 Å². The van der Waals surface area contributed by atoms with Crippen LogP contribution in [0.4, 0.5) is 5.69 Å². The van der Waals surface area contributed by atoms with Crippen molar-refractivity contribution in [2.75, 3.05) is 12.8 Å². The van der Waals surface area contributed by atoms with Crippen molar-refractivity contribution >= 4 is 34.5 Å². The van der Waals surface area contributed by atoms with E-state index in [-0.39, 0.29) is 0 Å². The fraction of sp³-hybridized carbons (Fsp3) is 0.200. The van der Waals surface area contributed by atoms with Crippen molar-refractivity contribution in [1.82, 2.24) is 0 Å². The molecule has 0 spiro atoms. The SMILES string of the molecule is C=C(C)/C(=C\C=C(/C)OC)c1c(Cl)cc(N)cc1Cl. The summed E-state index contributed by atoms with van der Waals surface area (Å²) in [5.41, 5.74) is 8.67. The number of nitrogens with two attached hydrogens (primary N) is 1. The minimum absolute atomic E-state index is 0.503. The van der Waals surface area contributed by atoms with Gasteiger partial charge in [0.25, 0.3) is 0 Å². The van der Waals surface area contributed by atoms with Crippen LogP contribution in [0.5, 0.6) is 0 Å². The van der Waals surface area contributed by atoms with E-state index in [0.29, 0.717) is 15.7 Å². The topological polar surface area (TPSA) is 35.2 Å². The first kappa shape index (κ1) is 15.7. The molecule has 0 aliphatic rings. The van der Waals surface area contributed by atoms with Gasteiger partial charge in [0.1, 0.15) is 0 Å². The Hall–Kier alpha value is -1.38. The van der Waals surface area contributed by atoms with Crippen LogP contribution in [-0.2, 0) is 4.74 Å². The van der Waals surface area contributed by atoms with Gasteiger partial charge in [-0.3, -0.25) is 0 Å². The van der Waals surface area contributed by atoms with E-state index in [1.54, 1.807) is 19.2 Å². The van der Waals surface area contributed by atoms with Crippen molar-refractivity contribution in [2.24, 2.45) is 0 Å². The molecule has 0 heterocycles. The number of benzene rings is 1. The molecule has 4 heteroatoms. The molecule has 0 aromatic heterocycles. The predicted octanol–water partition coefficient (Wildman–Crippen LogP) is 5.09. The lowest BCUT2D eigenvalue weighted by Crippen LogP contribution is -1.93. The van der Waals surface area contributed by atoms with Crippen LogP contribution in [0, 0.1) is 0 Å². The average molecular weight is 298 g/mol. The van der Waals surface area contributed by atoms with Crippen molar-refractivity contribution in [3.63, 3.8) is 0 Å². The van der Waals surface area contributed by atoms with Gasteiger partial charge in [0.15, 0.2) is 0 Å². The normalized spacial score (nSPS) is 12.5. The fourth-order valence-electron chi connectivity index (χ4n) is 1.56. The van der Waals surface area contributed by atoms with E-state index in [4.69, 9.17) is 33.7 Å². The first-order valence-corrected chi connectivity index (χ1v) is 6.45. The van der Waals surface area contributed by atoms with E-state index in [1.807, 2.05) is 26.0 Å². The lowest BCUT2D eigenvalue weighted by Gasteiger charge is -2.12. The number of hydrogen-bond donors (Lipinski definition) is 1. The molecule has 1 aromatic rings. The van der Waals surface area contributed by atoms with Gasteiger partial charge in [0.2, 0.25) is 0 Å². The Morgan fingerprint density at radius 3 is 2.16 bits per heavy atom. The lowest BCUT2D eigenvalue weighted by molar-refractivity contribution is 0.294. The molecule has 0 unspecified atom stereocenters. The van der Waals surface area contributed by atoms with Crippen molar-refractivity contribution in [1.29, 1.82) is 0 Å². The molecule has 0 atom stereocenters. The molecule has 0 saturated heterocycles. The molecule has 0 bridgehead atoms. The van der Waals surface area contributed by atoms with Gasteiger partial charge in [-0.05, 0) is 37.6 Å². The Bertz CT molecular complexity index is 536. The maximum absolute atomic E-state index is 6.22. The van der Waals surface area contributed by atoms with Crippen LogP contribution in [0.1, 0.15) is 19.4 Å². The molecule has 1 aromatic carbocycles. The third kappa shape index (κ3) is 4.05. The summed E-state index contributed by atoms with van der Waals surface area (Å²) in [6.07, 6.45) is 3.72. The zero-order valence-electron chi connectivity index (χ0n) is 11.3. The maximum atomic E-state index is 6.22. The highest BCUT2D eigenvalue weighted by Gasteiger charge is 2.12. The standard InChI is InChI=1S/C15H17Cl2NO/c1-9(2)12(6-5-10(3)19-4)15-13(16)7-11(18)8-14(15)17/h5-8H,1,18H2,2-4H3/b10-5+,12-6+. The average Bonchev–Trinajstić information content (AvgIpc) is 2.31. The summed E-state index contributed by atoms with van der Waals surface area (Å²) in [7, 11) is 1.61. The third-order valence-corrected chi connectivity index (χ3v) is 3.20. The highest BCUT2D eigenvalue weighted by Crippen LogP contribution is 2.36. The van der Waals surface area contributed by atoms with Crippen LogP contribution in [0.15, 0.2) is 42.2 Å². The van der Waals surface area contributed by atoms with E-state index in [9.17, 15) is 0 Å². The van der Waals surface area contributed by atoms with Gasteiger partial charge in [-0.25, -0.2) is 0 Å². The van der Waals surface area contributed by atoms with Gasteiger partial charge in [-0.1, -0.05) is 41.4 Å². The number of allylic oxidation sites excluding steroid dienone is 5. The summed E-state index contributed by atoms with van der Waals surface area (Å²) in [5.74, 6) is 0.779. The third-order valence-electron chi connectivity index (χ3n) is 2.60. The Balaban J connectivity index is 3.41. The highest BCUT2D eigenvalue weighted by atomic mass is 35.5. The van der Waals surface area contributed by atoms with Gasteiger partial charge >= 0.3 is 0 Å². The largest absolute Gasteiger partial charge is 0.501 e. The van der Waals surface area contributed by atoms with Crippen molar-refractivity contribution < 1.29 is 4.74 Å². The summed E-state index contributed by atoms with van der Waals surface area (Å²) < 4.78 is 5.10. The number of nitrogen functional groups attached to an aromatic ring is 1. The van der Waals surface area contributed by atoms with E-state index < -0.39 is 0 Å². The molecule has 2 N–H and O–H groups in total. The second-order valence-electron chi connectivity index (χ2n) is 4.20. The number of hydrogen-bond acceptors (Lipinski definition) is 2. The van der Waals surface area contributed by atoms with Crippen molar-refractivity contribution in [3.05, 3.63) is 57.8 Å². The Kier molecular flexibility index (Phi) is 5.52. The number of anilines is 1. The maximum Gasteiger partial charge on any atom is 0.0924 e. The highest BCUT2D eigenvalue weighted by molar-refractivity contribution is 6.38. The number of ether oxygens (including phenoxy) is 1. The first-order valence-electron chi connectivity index (χ1n) is 5.70. The lowest BCUT2D eigenvalue weighted by atomic mass is 9.99. The summed E-state index contributed by atoms with van der Waals surface area (Å²) in [4.78, 5) is 0. The van der Waals surface area contributed by atoms with Gasteiger partial charge in [0.05, 0.1) is 22.9 Å². The van der Waals surface area contributed by atoms with E-state index in [2.05, 4.69) is 6.58 Å². The summed E-state index contributed by atoms with van der Waals surface area (Å²) in [5, 5.41) is 1.01. The van der Waals surface area contributed by atoms with E-state index >= 15 is 0 Å². The van der Waals surface area contributed by atoms with Crippen LogP contribution in [0.25, 0.3) is 5.57 Å². The van der Waals surface area contributed by atoms with Crippen molar-refractivity contribution in [2.45, 2.75) is 13.8 Å². The fourth-order valence-corrected chi connectivity index (χ4v) is 2.27. The molecule has 2 nitrogen and oxygen atoms in total. The molecule has 0 aliphatic heterocycles. The second kappa shape index (κ2) is 6.69. The van der Waals surface area contributed by atoms with Crippen LogP contribution < -0.4 is 5.73 Å². The summed E-state index contributed by atoms with van der Waals surface area (Å²) >= 11 is 12.4. The van der Waals surface area contributed by atoms with E-state index in [1.165, 1.54) is 0 Å². The number of halogens is 2. The molecule has 102 valence electrons. The smallest absolute Gasteiger partial charge is 0.0924 e. The first-order chi connectivity index (χ1) is 8.86. The number of methoxy groups -OCH3 is 1. The van der Waals surface area contributed by atoms with Crippen LogP contribution in [0.3, 0.4) is 0 Å².